The number of halogens is 1. The van der Waals surface area contributed by atoms with Crippen LogP contribution in [-0.4, -0.2) is 36.6 Å². The fourth-order valence-corrected chi connectivity index (χ4v) is 3.00. The third kappa shape index (κ3) is 3.97. The molecule has 1 aliphatic rings. The van der Waals surface area contributed by atoms with Gasteiger partial charge in [0, 0.05) is 32.3 Å². The van der Waals surface area contributed by atoms with E-state index in [4.69, 9.17) is 0 Å². The predicted octanol–water partition coefficient (Wildman–Crippen LogP) is 1.78. The molecule has 1 fully saturated rings. The van der Waals surface area contributed by atoms with E-state index in [9.17, 15) is 14.0 Å². The van der Waals surface area contributed by atoms with Crippen molar-refractivity contribution in [3.8, 4) is 0 Å². The average Bonchev–Trinajstić information content (AvgIpc) is 2.78. The topological polar surface area (TPSA) is 49.4 Å². The number of hydrogen-bond donors (Lipinski definition) is 1. The lowest BCUT2D eigenvalue weighted by Gasteiger charge is -2.13. The molecule has 0 unspecified atom stereocenters. The number of hydrogen-bond acceptors (Lipinski definition) is 3. The van der Waals surface area contributed by atoms with Gasteiger partial charge in [-0.1, -0.05) is 6.07 Å². The van der Waals surface area contributed by atoms with E-state index >= 15 is 0 Å². The van der Waals surface area contributed by atoms with Crippen molar-refractivity contribution in [2.24, 2.45) is 5.92 Å². The van der Waals surface area contributed by atoms with Crippen LogP contribution in [0.2, 0.25) is 0 Å². The summed E-state index contributed by atoms with van der Waals surface area (Å²) in [7, 11) is 1.70. The molecule has 21 heavy (non-hydrogen) atoms. The molecule has 1 heterocycles. The van der Waals surface area contributed by atoms with Crippen molar-refractivity contribution in [3.05, 3.63) is 35.1 Å². The first-order chi connectivity index (χ1) is 10.0. The van der Waals surface area contributed by atoms with Crippen LogP contribution >= 0.6 is 11.8 Å². The third-order valence-corrected chi connectivity index (χ3v) is 4.23. The number of carbonyl (C=O) groups is 2. The lowest BCUT2D eigenvalue weighted by atomic mass is 10.1. The number of nitrogens with one attached hydrogen (secondary N) is 1. The molecule has 0 aromatic heterocycles. The van der Waals surface area contributed by atoms with Gasteiger partial charge in [-0.3, -0.25) is 9.59 Å². The number of likely N-dealkylation sites (tertiary alicyclic amines) is 1. The third-order valence-electron chi connectivity index (χ3n) is 3.63. The van der Waals surface area contributed by atoms with E-state index in [0.717, 1.165) is 11.1 Å². The Morgan fingerprint density at radius 3 is 2.86 bits per heavy atom. The van der Waals surface area contributed by atoms with E-state index in [1.54, 1.807) is 29.8 Å². The number of carbonyl (C=O) groups excluding carboxylic acids is 2. The van der Waals surface area contributed by atoms with Crippen LogP contribution in [0, 0.1) is 11.7 Å². The van der Waals surface area contributed by atoms with Gasteiger partial charge in [0.2, 0.25) is 11.8 Å². The smallest absolute Gasteiger partial charge is 0.225 e. The van der Waals surface area contributed by atoms with E-state index in [2.05, 4.69) is 5.32 Å². The Labute approximate surface area is 128 Å². The molecule has 1 aromatic carbocycles. The molecule has 1 saturated heterocycles. The SMILES string of the molecule is CSCc1cc(F)ccc1CNC(=O)[C@@H]1CC(=O)N(C)C1. The van der Waals surface area contributed by atoms with Crippen molar-refractivity contribution in [3.63, 3.8) is 0 Å². The molecule has 6 heteroatoms. The summed E-state index contributed by atoms with van der Waals surface area (Å²) in [6.45, 7) is 0.829. The molecule has 0 saturated carbocycles. The van der Waals surface area contributed by atoms with Crippen molar-refractivity contribution in [2.75, 3.05) is 19.8 Å². The lowest BCUT2D eigenvalue weighted by molar-refractivity contribution is -0.128. The van der Waals surface area contributed by atoms with Crippen molar-refractivity contribution < 1.29 is 14.0 Å². The van der Waals surface area contributed by atoms with Crippen LogP contribution in [0.1, 0.15) is 17.5 Å². The Bertz CT molecular complexity index is 550. The highest BCUT2D eigenvalue weighted by Gasteiger charge is 2.31. The summed E-state index contributed by atoms with van der Waals surface area (Å²) >= 11 is 1.61. The Balaban J connectivity index is 1.96. The summed E-state index contributed by atoms with van der Waals surface area (Å²) in [6.07, 6.45) is 2.22. The second kappa shape index (κ2) is 6.93. The zero-order valence-corrected chi connectivity index (χ0v) is 13.0. The number of amides is 2. The largest absolute Gasteiger partial charge is 0.352 e. The summed E-state index contributed by atoms with van der Waals surface area (Å²) in [5.41, 5.74) is 1.80. The van der Waals surface area contributed by atoms with Gasteiger partial charge in [-0.25, -0.2) is 4.39 Å². The molecule has 1 N–H and O–H groups in total. The fourth-order valence-electron chi connectivity index (χ4n) is 2.42. The summed E-state index contributed by atoms with van der Waals surface area (Å²) in [5.74, 6) is 0.0318. The number of nitrogens with zero attached hydrogens (tertiary/aromatic N) is 1. The second-order valence-electron chi connectivity index (χ2n) is 5.24. The second-order valence-corrected chi connectivity index (χ2v) is 6.11. The van der Waals surface area contributed by atoms with Crippen LogP contribution in [0.25, 0.3) is 0 Å². The zero-order valence-electron chi connectivity index (χ0n) is 12.2. The van der Waals surface area contributed by atoms with Gasteiger partial charge in [-0.05, 0) is 29.5 Å². The first kappa shape index (κ1) is 15.8. The van der Waals surface area contributed by atoms with Crippen LogP contribution < -0.4 is 5.32 Å². The molecular weight excluding hydrogens is 291 g/mol. The molecule has 1 atom stereocenters. The molecular formula is C15H19FN2O2S. The van der Waals surface area contributed by atoms with Gasteiger partial charge in [0.25, 0.3) is 0 Å². The fraction of sp³-hybridized carbons (Fsp3) is 0.467. The van der Waals surface area contributed by atoms with Gasteiger partial charge in [-0.2, -0.15) is 11.8 Å². The monoisotopic (exact) mass is 310 g/mol. The van der Waals surface area contributed by atoms with Crippen molar-refractivity contribution in [1.29, 1.82) is 0 Å². The van der Waals surface area contributed by atoms with E-state index in [1.807, 2.05) is 6.26 Å². The minimum atomic E-state index is -0.285. The van der Waals surface area contributed by atoms with Crippen molar-refractivity contribution in [1.82, 2.24) is 10.2 Å². The van der Waals surface area contributed by atoms with Crippen LogP contribution in [0.4, 0.5) is 4.39 Å². The average molecular weight is 310 g/mol. The van der Waals surface area contributed by atoms with Gasteiger partial charge in [0.05, 0.1) is 5.92 Å². The van der Waals surface area contributed by atoms with Crippen molar-refractivity contribution >= 4 is 23.6 Å². The predicted molar refractivity (Wildman–Crippen MR) is 81.2 cm³/mol. The van der Waals surface area contributed by atoms with E-state index in [-0.39, 0.29) is 30.0 Å². The van der Waals surface area contributed by atoms with E-state index in [0.29, 0.717) is 18.8 Å². The zero-order chi connectivity index (χ0) is 15.4. The Kier molecular flexibility index (Phi) is 5.22. The molecule has 1 aliphatic heterocycles. The molecule has 0 bridgehead atoms. The molecule has 2 amide bonds. The molecule has 0 radical (unpaired) electrons. The molecule has 2 rings (SSSR count). The van der Waals surface area contributed by atoms with Gasteiger partial charge in [-0.15, -0.1) is 0 Å². The van der Waals surface area contributed by atoms with Gasteiger partial charge >= 0.3 is 0 Å². The van der Waals surface area contributed by atoms with Crippen molar-refractivity contribution in [2.45, 2.75) is 18.7 Å². The van der Waals surface area contributed by atoms with Crippen LogP contribution in [-0.2, 0) is 21.9 Å². The normalized spacial score (nSPS) is 18.1. The Hall–Kier alpha value is -1.56. The van der Waals surface area contributed by atoms with Crippen LogP contribution in [0.5, 0.6) is 0 Å². The minimum Gasteiger partial charge on any atom is -0.352 e. The minimum absolute atomic E-state index is 0.00000389. The molecule has 0 spiro atoms. The van der Waals surface area contributed by atoms with Crippen LogP contribution in [0.15, 0.2) is 18.2 Å². The van der Waals surface area contributed by atoms with E-state index in [1.165, 1.54) is 12.1 Å². The quantitative estimate of drug-likeness (QED) is 0.902. The maximum absolute atomic E-state index is 13.3. The van der Waals surface area contributed by atoms with Gasteiger partial charge < -0.3 is 10.2 Å². The summed E-state index contributed by atoms with van der Waals surface area (Å²) in [4.78, 5) is 25.1. The highest BCUT2D eigenvalue weighted by molar-refractivity contribution is 7.97. The van der Waals surface area contributed by atoms with Crippen LogP contribution in [0.3, 0.4) is 0 Å². The maximum atomic E-state index is 13.3. The Morgan fingerprint density at radius 1 is 1.48 bits per heavy atom. The summed E-state index contributed by atoms with van der Waals surface area (Å²) in [5, 5.41) is 2.85. The molecule has 4 nitrogen and oxygen atoms in total. The molecule has 114 valence electrons. The summed E-state index contributed by atoms with van der Waals surface area (Å²) in [6, 6.07) is 4.61. The lowest BCUT2D eigenvalue weighted by Crippen LogP contribution is -2.32. The van der Waals surface area contributed by atoms with E-state index < -0.39 is 0 Å². The first-order valence-electron chi connectivity index (χ1n) is 6.79. The maximum Gasteiger partial charge on any atom is 0.225 e. The van der Waals surface area contributed by atoms with Gasteiger partial charge in [0.1, 0.15) is 5.82 Å². The standard InChI is InChI=1S/C15H19FN2O2S/c1-18-8-11(6-14(18)19)15(20)17-7-10-3-4-13(16)5-12(10)9-21-2/h3-5,11H,6-9H2,1-2H3,(H,17,20)/t11-/m1/s1. The Morgan fingerprint density at radius 2 is 2.24 bits per heavy atom. The molecule has 0 aliphatic carbocycles. The number of rotatable bonds is 5. The first-order valence-corrected chi connectivity index (χ1v) is 8.18. The highest BCUT2D eigenvalue weighted by Crippen LogP contribution is 2.18. The molecule has 1 aromatic rings. The highest BCUT2D eigenvalue weighted by atomic mass is 32.2. The number of benzene rings is 1. The summed E-state index contributed by atoms with van der Waals surface area (Å²) < 4.78 is 13.3. The number of thioether (sulfide) groups is 1. The van der Waals surface area contributed by atoms with Gasteiger partial charge in [0.15, 0.2) is 0 Å².